The molecule has 1 spiro atoms. The first-order chi connectivity index (χ1) is 16.0. The van der Waals surface area contributed by atoms with Crippen molar-refractivity contribution in [2.75, 3.05) is 32.7 Å². The molecule has 2 saturated heterocycles. The Hall–Kier alpha value is -2.72. The minimum Gasteiger partial charge on any atom is -0.462 e. The van der Waals surface area contributed by atoms with Gasteiger partial charge in [0.05, 0.1) is 12.0 Å². The van der Waals surface area contributed by atoms with Gasteiger partial charge in [0.15, 0.2) is 10.8 Å². The maximum Gasteiger partial charge on any atom is 0.325 e. The van der Waals surface area contributed by atoms with Crippen molar-refractivity contribution in [1.29, 1.82) is 0 Å². The summed E-state index contributed by atoms with van der Waals surface area (Å²) in [6, 6.07) is 3.31. The third kappa shape index (κ3) is 4.17. The Balaban J connectivity index is 1.14. The predicted molar refractivity (Wildman–Crippen MR) is 122 cm³/mol. The Morgan fingerprint density at radius 2 is 2.09 bits per heavy atom. The van der Waals surface area contributed by atoms with Crippen LogP contribution in [0, 0.1) is 5.92 Å². The van der Waals surface area contributed by atoms with E-state index in [1.165, 1.54) is 0 Å². The number of urea groups is 1. The van der Waals surface area contributed by atoms with Crippen LogP contribution in [0.25, 0.3) is 10.8 Å². The summed E-state index contributed by atoms with van der Waals surface area (Å²) in [6.45, 7) is 5.13. The topological polar surface area (TPSA) is 99.0 Å². The molecule has 0 aromatic carbocycles. The number of aromatic nitrogens is 1. The zero-order chi connectivity index (χ0) is 23.0. The molecule has 2 aromatic heterocycles. The number of imide groups is 1. The molecule has 1 saturated carbocycles. The number of furan rings is 1. The molecular weight excluding hydrogens is 442 g/mol. The minimum absolute atomic E-state index is 0.0883. The lowest BCUT2D eigenvalue weighted by molar-refractivity contribution is -0.141. The van der Waals surface area contributed by atoms with Gasteiger partial charge in [0.2, 0.25) is 5.91 Å². The first-order valence-electron chi connectivity index (χ1n) is 11.6. The van der Waals surface area contributed by atoms with E-state index in [4.69, 9.17) is 4.42 Å². The van der Waals surface area contributed by atoms with E-state index in [0.717, 1.165) is 53.7 Å². The van der Waals surface area contributed by atoms with Gasteiger partial charge in [0.1, 0.15) is 12.1 Å². The van der Waals surface area contributed by atoms with Crippen molar-refractivity contribution in [2.45, 2.75) is 44.7 Å². The maximum absolute atomic E-state index is 13.1. The van der Waals surface area contributed by atoms with Crippen molar-refractivity contribution >= 4 is 29.2 Å². The molecule has 1 aliphatic carbocycles. The average molecular weight is 472 g/mol. The Kier molecular flexibility index (Phi) is 5.96. The molecule has 3 fully saturated rings. The van der Waals surface area contributed by atoms with Gasteiger partial charge in [-0.1, -0.05) is 19.8 Å². The zero-order valence-corrected chi connectivity index (χ0v) is 19.6. The molecule has 176 valence electrons. The first-order valence-corrected chi connectivity index (χ1v) is 12.5. The molecule has 2 unspecified atom stereocenters. The number of nitrogens with zero attached hydrogens (tertiary/aromatic N) is 4. The van der Waals surface area contributed by atoms with Crippen molar-refractivity contribution in [3.63, 3.8) is 0 Å². The molecule has 33 heavy (non-hydrogen) atoms. The summed E-state index contributed by atoms with van der Waals surface area (Å²) in [7, 11) is 0. The smallest absolute Gasteiger partial charge is 0.325 e. The third-order valence-electron chi connectivity index (χ3n) is 7.19. The normalized spacial score (nSPS) is 26.3. The standard InChI is InChI=1S/C23H29N5O4S/c1-16-5-2-3-7-23(16)21(30)28(22(31)25-23)14-19(29)27-10-8-26(9-11-27)13-17-15-33-20(24-17)18-6-4-12-32-18/h4,6,12,15-16H,2-3,5,7-11,13-14H2,1H3,(H,25,31). The molecule has 4 heterocycles. The summed E-state index contributed by atoms with van der Waals surface area (Å²) in [5.74, 6) is 0.451. The quantitative estimate of drug-likeness (QED) is 0.673. The fourth-order valence-corrected chi connectivity index (χ4v) is 5.93. The number of hydrogen-bond acceptors (Lipinski definition) is 7. The van der Waals surface area contributed by atoms with Gasteiger partial charge in [-0.2, -0.15) is 0 Å². The second kappa shape index (κ2) is 8.90. The molecule has 10 heteroatoms. The Morgan fingerprint density at radius 1 is 1.27 bits per heavy atom. The number of thiazole rings is 1. The molecule has 0 radical (unpaired) electrons. The summed E-state index contributed by atoms with van der Waals surface area (Å²) < 4.78 is 5.41. The van der Waals surface area contributed by atoms with Crippen LogP contribution in [-0.4, -0.2) is 75.8 Å². The van der Waals surface area contributed by atoms with Crippen LogP contribution < -0.4 is 5.32 Å². The van der Waals surface area contributed by atoms with E-state index in [0.29, 0.717) is 26.1 Å². The molecule has 1 N–H and O–H groups in total. The van der Waals surface area contributed by atoms with E-state index < -0.39 is 11.6 Å². The van der Waals surface area contributed by atoms with Gasteiger partial charge in [-0.05, 0) is 30.9 Å². The Bertz CT molecular complexity index is 1030. The summed E-state index contributed by atoms with van der Waals surface area (Å²) in [6.07, 6.45) is 5.20. The lowest BCUT2D eigenvalue weighted by atomic mass is 9.73. The average Bonchev–Trinajstić information content (AvgIpc) is 3.55. The van der Waals surface area contributed by atoms with Gasteiger partial charge < -0.3 is 14.6 Å². The lowest BCUT2D eigenvalue weighted by Crippen LogP contribution is -2.54. The highest BCUT2D eigenvalue weighted by Crippen LogP contribution is 2.38. The van der Waals surface area contributed by atoms with Crippen LogP contribution in [0.3, 0.4) is 0 Å². The SMILES string of the molecule is CC1CCCCC12NC(=O)N(CC(=O)N1CCN(Cc3csc(-c4ccco4)n3)CC1)C2=O. The van der Waals surface area contributed by atoms with Gasteiger partial charge in [-0.3, -0.25) is 19.4 Å². The van der Waals surface area contributed by atoms with E-state index >= 15 is 0 Å². The molecule has 2 atom stereocenters. The van der Waals surface area contributed by atoms with Gasteiger partial charge in [0, 0.05) is 38.1 Å². The molecule has 9 nitrogen and oxygen atoms in total. The molecule has 2 aromatic rings. The summed E-state index contributed by atoms with van der Waals surface area (Å²) in [4.78, 5) is 48.4. The highest BCUT2D eigenvalue weighted by molar-refractivity contribution is 7.13. The van der Waals surface area contributed by atoms with Crippen LogP contribution in [0.15, 0.2) is 28.2 Å². The van der Waals surface area contributed by atoms with E-state index in [1.54, 1.807) is 22.5 Å². The van der Waals surface area contributed by atoms with Crippen LogP contribution >= 0.6 is 11.3 Å². The molecule has 0 bridgehead atoms. The number of carbonyl (C=O) groups is 3. The second-order valence-corrected chi connectivity index (χ2v) is 10.1. The van der Waals surface area contributed by atoms with Gasteiger partial charge in [0.25, 0.3) is 5.91 Å². The molecule has 5 rings (SSSR count). The van der Waals surface area contributed by atoms with Crippen LogP contribution in [0.4, 0.5) is 4.79 Å². The van der Waals surface area contributed by atoms with Crippen LogP contribution in [-0.2, 0) is 16.1 Å². The number of nitrogens with one attached hydrogen (secondary N) is 1. The summed E-state index contributed by atoms with van der Waals surface area (Å²) in [5, 5.41) is 5.82. The van der Waals surface area contributed by atoms with Gasteiger partial charge >= 0.3 is 6.03 Å². The van der Waals surface area contributed by atoms with Gasteiger partial charge in [-0.15, -0.1) is 11.3 Å². The number of rotatable bonds is 5. The van der Waals surface area contributed by atoms with E-state index in [2.05, 4.69) is 15.2 Å². The molecular formula is C23H29N5O4S. The van der Waals surface area contributed by atoms with Crippen LogP contribution in [0.5, 0.6) is 0 Å². The predicted octanol–water partition coefficient (Wildman–Crippen LogP) is 2.55. The molecule has 4 amide bonds. The van der Waals surface area contributed by atoms with E-state index in [9.17, 15) is 14.4 Å². The van der Waals surface area contributed by atoms with E-state index in [-0.39, 0.29) is 24.3 Å². The van der Waals surface area contributed by atoms with Crippen LogP contribution in [0.2, 0.25) is 0 Å². The van der Waals surface area contributed by atoms with Crippen molar-refractivity contribution < 1.29 is 18.8 Å². The molecule has 3 aliphatic rings. The third-order valence-corrected chi connectivity index (χ3v) is 8.09. The van der Waals surface area contributed by atoms with E-state index in [1.807, 2.05) is 24.4 Å². The Labute approximate surface area is 196 Å². The second-order valence-electron chi connectivity index (χ2n) is 9.22. The highest BCUT2D eigenvalue weighted by atomic mass is 32.1. The van der Waals surface area contributed by atoms with Crippen molar-refractivity contribution in [3.8, 4) is 10.8 Å². The Morgan fingerprint density at radius 3 is 2.82 bits per heavy atom. The minimum atomic E-state index is -0.823. The van der Waals surface area contributed by atoms with Crippen molar-refractivity contribution in [1.82, 2.24) is 25.0 Å². The van der Waals surface area contributed by atoms with Crippen LogP contribution in [0.1, 0.15) is 38.3 Å². The number of hydrogen-bond donors (Lipinski definition) is 1. The largest absolute Gasteiger partial charge is 0.462 e. The summed E-state index contributed by atoms with van der Waals surface area (Å²) >= 11 is 1.56. The lowest BCUT2D eigenvalue weighted by Gasteiger charge is -2.37. The van der Waals surface area contributed by atoms with Gasteiger partial charge in [-0.25, -0.2) is 9.78 Å². The molecule has 2 aliphatic heterocycles. The fraction of sp³-hybridized carbons (Fsp3) is 0.565. The number of amides is 4. The number of piperazine rings is 1. The maximum atomic E-state index is 13.1. The number of carbonyl (C=O) groups excluding carboxylic acids is 3. The summed E-state index contributed by atoms with van der Waals surface area (Å²) in [5.41, 5.74) is 0.161. The first kappa shape index (κ1) is 22.1. The fourth-order valence-electron chi connectivity index (χ4n) is 5.15. The monoisotopic (exact) mass is 471 g/mol. The van der Waals surface area contributed by atoms with Crippen molar-refractivity contribution in [3.05, 3.63) is 29.5 Å². The van der Waals surface area contributed by atoms with Crippen molar-refractivity contribution in [2.24, 2.45) is 5.92 Å². The highest BCUT2D eigenvalue weighted by Gasteiger charge is 2.55. The zero-order valence-electron chi connectivity index (χ0n) is 18.8.